The molecule has 1 aliphatic carbocycles. The molecule has 0 saturated carbocycles. The van der Waals surface area contributed by atoms with Gasteiger partial charge in [0.15, 0.2) is 12.4 Å². The predicted molar refractivity (Wildman–Crippen MR) is 141 cm³/mol. The summed E-state index contributed by atoms with van der Waals surface area (Å²) in [7, 11) is 0. The molecule has 0 amide bonds. The zero-order valence-electron chi connectivity index (χ0n) is 21.3. The molecule has 2 aliphatic rings. The van der Waals surface area contributed by atoms with Crippen LogP contribution in [0.15, 0.2) is 60.6 Å². The van der Waals surface area contributed by atoms with Crippen LogP contribution < -0.4 is 9.67 Å². The third-order valence-corrected chi connectivity index (χ3v) is 7.66. The summed E-state index contributed by atoms with van der Waals surface area (Å²) in [4.78, 5) is 30.0. The number of hydrogen-bond acceptors (Lipinski definition) is 5. The Morgan fingerprint density at radius 3 is 2.61 bits per heavy atom. The molecular formula is C30H30ClN3O4. The van der Waals surface area contributed by atoms with Gasteiger partial charge in [-0.25, -0.2) is 0 Å². The van der Waals surface area contributed by atoms with E-state index in [1.807, 2.05) is 31.3 Å². The zero-order chi connectivity index (χ0) is 26.8. The fourth-order valence-corrected chi connectivity index (χ4v) is 5.89. The highest BCUT2D eigenvalue weighted by atomic mass is 35.5. The van der Waals surface area contributed by atoms with Crippen molar-refractivity contribution in [1.29, 1.82) is 0 Å². The van der Waals surface area contributed by atoms with Crippen molar-refractivity contribution in [2.45, 2.75) is 51.6 Å². The van der Waals surface area contributed by atoms with Crippen LogP contribution in [0.25, 0.3) is 5.57 Å². The number of rotatable bonds is 6. The summed E-state index contributed by atoms with van der Waals surface area (Å²) in [6, 6.07) is 11.1. The van der Waals surface area contributed by atoms with Crippen LogP contribution in [0.5, 0.6) is 0 Å². The van der Waals surface area contributed by atoms with Gasteiger partial charge in [0.2, 0.25) is 6.04 Å². The summed E-state index contributed by atoms with van der Waals surface area (Å²) in [5.41, 5.74) is 9.26. The topological polar surface area (TPSA) is 97.4 Å². The van der Waals surface area contributed by atoms with Crippen LogP contribution >= 0.6 is 11.6 Å². The number of piperidine rings is 1. The summed E-state index contributed by atoms with van der Waals surface area (Å²) in [5.74, 6) is -2.58. The number of carboxylic acids is 2. The summed E-state index contributed by atoms with van der Waals surface area (Å²) in [6.45, 7) is 4.25. The Labute approximate surface area is 227 Å². The van der Waals surface area contributed by atoms with Crippen molar-refractivity contribution in [3.63, 3.8) is 0 Å². The molecule has 38 heavy (non-hydrogen) atoms. The standard InChI is InChI=1S/C30H30ClN3O4/c1-19-13-20(18-34(16-19)26(30(37)38)15-27(35)36)17-33-11-8-21(9-12-33)28-25-7-6-24(31)14-23(25)5-4-22-3-2-10-32-29(22)28/h2-3,6-7,10,13-14,16,18,26H,4-5,8-9,11-12,15,17H2,1H3,(H-,35,36,37,38). The Kier molecular flexibility index (Phi) is 7.58. The number of carboxylic acid groups (broad SMARTS) is 2. The molecule has 1 saturated heterocycles. The smallest absolute Gasteiger partial charge is 0.310 e. The van der Waals surface area contributed by atoms with Gasteiger partial charge in [0, 0.05) is 47.6 Å². The van der Waals surface area contributed by atoms with Gasteiger partial charge in [0.25, 0.3) is 0 Å². The molecule has 1 fully saturated rings. The van der Waals surface area contributed by atoms with Gasteiger partial charge in [-0.3, -0.25) is 14.7 Å². The van der Waals surface area contributed by atoms with Gasteiger partial charge in [-0.1, -0.05) is 29.3 Å². The number of aliphatic carboxylic acids is 2. The predicted octanol–water partition coefficient (Wildman–Crippen LogP) is 3.29. The lowest BCUT2D eigenvalue weighted by molar-refractivity contribution is -0.715. The Balaban J connectivity index is 1.40. The SMILES string of the molecule is Cc1cc(CN2CCC(=C3c4ccc(Cl)cc4CCc4cccnc43)CC2)c[n+](C(CC(=O)O)C(=O)[O-])c1. The average Bonchev–Trinajstić information content (AvgIpc) is 3.04. The van der Waals surface area contributed by atoms with E-state index in [9.17, 15) is 14.7 Å². The molecule has 5 rings (SSSR count). The van der Waals surface area contributed by atoms with Gasteiger partial charge in [0.05, 0.1) is 5.69 Å². The van der Waals surface area contributed by atoms with Crippen LogP contribution in [-0.2, 0) is 29.0 Å². The first-order valence-electron chi connectivity index (χ1n) is 12.9. The maximum absolute atomic E-state index is 11.6. The van der Waals surface area contributed by atoms with E-state index < -0.39 is 24.4 Å². The van der Waals surface area contributed by atoms with E-state index in [1.165, 1.54) is 32.4 Å². The lowest BCUT2D eigenvalue weighted by atomic mass is 9.88. The van der Waals surface area contributed by atoms with Crippen molar-refractivity contribution in [1.82, 2.24) is 9.88 Å². The number of carbonyl (C=O) groups excluding carboxylic acids is 1. The van der Waals surface area contributed by atoms with Crippen LogP contribution in [0.2, 0.25) is 5.02 Å². The number of likely N-dealkylation sites (tertiary alicyclic amines) is 1. The molecule has 7 nitrogen and oxygen atoms in total. The summed E-state index contributed by atoms with van der Waals surface area (Å²) in [5, 5.41) is 21.5. The van der Waals surface area contributed by atoms with E-state index in [4.69, 9.17) is 21.7 Å². The Hall–Kier alpha value is -3.55. The number of benzene rings is 1. The molecule has 1 unspecified atom stereocenters. The van der Waals surface area contributed by atoms with Crippen molar-refractivity contribution in [3.8, 4) is 0 Å². The number of fused-ring (bicyclic) bond motifs is 2. The second-order valence-electron chi connectivity index (χ2n) is 10.2. The minimum absolute atomic E-state index is 0.529. The second kappa shape index (κ2) is 11.1. The highest BCUT2D eigenvalue weighted by molar-refractivity contribution is 6.30. The van der Waals surface area contributed by atoms with Gasteiger partial charge < -0.3 is 15.0 Å². The molecule has 0 radical (unpaired) electrons. The molecule has 8 heteroatoms. The van der Waals surface area contributed by atoms with Crippen LogP contribution in [0, 0.1) is 6.92 Å². The average molecular weight is 532 g/mol. The molecule has 0 spiro atoms. The Morgan fingerprint density at radius 2 is 1.87 bits per heavy atom. The van der Waals surface area contributed by atoms with Crippen LogP contribution in [-0.4, -0.2) is 40.0 Å². The van der Waals surface area contributed by atoms with E-state index >= 15 is 0 Å². The molecule has 1 N–H and O–H groups in total. The van der Waals surface area contributed by atoms with Gasteiger partial charge in [-0.15, -0.1) is 0 Å². The summed E-state index contributed by atoms with van der Waals surface area (Å²) >= 11 is 6.35. The minimum atomic E-state index is -1.40. The van der Waals surface area contributed by atoms with Gasteiger partial charge in [-0.05, 0) is 73.6 Å². The largest absolute Gasteiger partial charge is 0.543 e. The summed E-state index contributed by atoms with van der Waals surface area (Å²) in [6.07, 6.45) is 8.40. The van der Waals surface area contributed by atoms with Crippen LogP contribution in [0.4, 0.5) is 0 Å². The fourth-order valence-electron chi connectivity index (χ4n) is 5.70. The van der Waals surface area contributed by atoms with Gasteiger partial charge >= 0.3 is 5.97 Å². The van der Waals surface area contributed by atoms with Crippen molar-refractivity contribution in [3.05, 3.63) is 99.1 Å². The molecule has 0 bridgehead atoms. The molecule has 1 atom stereocenters. The van der Waals surface area contributed by atoms with Gasteiger partial charge in [-0.2, -0.15) is 4.57 Å². The number of aryl methyl sites for hydroxylation is 3. The molecule has 2 aromatic heterocycles. The summed E-state index contributed by atoms with van der Waals surface area (Å²) < 4.78 is 1.46. The van der Waals surface area contributed by atoms with Crippen molar-refractivity contribution >= 4 is 29.1 Å². The highest BCUT2D eigenvalue weighted by Crippen LogP contribution is 2.38. The van der Waals surface area contributed by atoms with Crippen molar-refractivity contribution in [2.75, 3.05) is 13.1 Å². The van der Waals surface area contributed by atoms with Crippen LogP contribution in [0.3, 0.4) is 0 Å². The molecule has 1 aromatic carbocycles. The lowest BCUT2D eigenvalue weighted by Crippen LogP contribution is -2.50. The number of pyridine rings is 2. The second-order valence-corrected chi connectivity index (χ2v) is 10.6. The number of hydrogen-bond donors (Lipinski definition) is 1. The molecule has 1 aliphatic heterocycles. The quantitative estimate of drug-likeness (QED) is 0.490. The highest BCUT2D eigenvalue weighted by Gasteiger charge is 2.27. The molecule has 3 heterocycles. The molecular weight excluding hydrogens is 502 g/mol. The van der Waals surface area contributed by atoms with Crippen molar-refractivity contribution < 1.29 is 24.4 Å². The Bertz CT molecular complexity index is 1420. The van der Waals surface area contributed by atoms with E-state index in [1.54, 1.807) is 12.4 Å². The minimum Gasteiger partial charge on any atom is -0.543 e. The van der Waals surface area contributed by atoms with E-state index in [2.05, 4.69) is 23.1 Å². The third-order valence-electron chi connectivity index (χ3n) is 7.43. The number of carbonyl (C=O) groups is 2. The van der Waals surface area contributed by atoms with E-state index in [0.29, 0.717) is 6.54 Å². The number of aromatic nitrogens is 2. The molecule has 3 aromatic rings. The third kappa shape index (κ3) is 5.64. The van der Waals surface area contributed by atoms with Crippen molar-refractivity contribution in [2.24, 2.45) is 0 Å². The first-order chi connectivity index (χ1) is 18.3. The zero-order valence-corrected chi connectivity index (χ0v) is 22.1. The fraction of sp³-hybridized carbons (Fsp3) is 0.333. The molecule has 196 valence electrons. The Morgan fingerprint density at radius 1 is 1.11 bits per heavy atom. The van der Waals surface area contributed by atoms with E-state index in [0.717, 1.165) is 60.6 Å². The number of halogens is 1. The lowest BCUT2D eigenvalue weighted by Gasteiger charge is -2.30. The maximum Gasteiger partial charge on any atom is 0.310 e. The number of nitrogens with zero attached hydrogens (tertiary/aromatic N) is 3. The van der Waals surface area contributed by atoms with E-state index in [-0.39, 0.29) is 0 Å². The first-order valence-corrected chi connectivity index (χ1v) is 13.3. The normalized spacial score (nSPS) is 16.4. The maximum atomic E-state index is 11.6. The van der Waals surface area contributed by atoms with Crippen LogP contribution in [0.1, 0.15) is 58.8 Å². The first kappa shape index (κ1) is 26.1. The van der Waals surface area contributed by atoms with Gasteiger partial charge in [0.1, 0.15) is 12.4 Å². The monoisotopic (exact) mass is 531 g/mol.